The van der Waals surface area contributed by atoms with Crippen molar-refractivity contribution in [2.45, 2.75) is 64.8 Å². The van der Waals surface area contributed by atoms with Crippen LogP contribution in [0.15, 0.2) is 24.5 Å². The SMILES string of the molecule is CCCCNC(=O)CC1(Cn2cccc2)CCCCC1. The van der Waals surface area contributed by atoms with Gasteiger partial charge < -0.3 is 9.88 Å². The van der Waals surface area contributed by atoms with E-state index in [0.29, 0.717) is 6.42 Å². The molecule has 1 N–H and O–H groups in total. The minimum atomic E-state index is 0.174. The summed E-state index contributed by atoms with van der Waals surface area (Å²) in [6.07, 6.45) is 13.4. The number of rotatable bonds is 7. The fraction of sp³-hybridized carbons (Fsp3) is 0.706. The van der Waals surface area contributed by atoms with E-state index in [1.165, 1.54) is 32.1 Å². The first-order valence-corrected chi connectivity index (χ1v) is 8.12. The quantitative estimate of drug-likeness (QED) is 0.756. The van der Waals surface area contributed by atoms with Crippen LogP contribution in [-0.4, -0.2) is 17.0 Å². The Balaban J connectivity index is 1.94. The first kappa shape index (κ1) is 15.1. The molecule has 3 heteroatoms. The Kier molecular flexibility index (Phi) is 5.69. The van der Waals surface area contributed by atoms with E-state index in [9.17, 15) is 4.79 Å². The molecule has 1 aromatic rings. The molecular formula is C17H28N2O. The minimum Gasteiger partial charge on any atom is -0.356 e. The molecule has 1 aromatic heterocycles. The molecule has 0 bridgehead atoms. The maximum atomic E-state index is 12.2. The number of hydrogen-bond donors (Lipinski definition) is 1. The van der Waals surface area contributed by atoms with Crippen molar-refractivity contribution in [3.63, 3.8) is 0 Å². The zero-order valence-corrected chi connectivity index (χ0v) is 12.7. The van der Waals surface area contributed by atoms with Gasteiger partial charge in [-0.15, -0.1) is 0 Å². The number of amides is 1. The number of hydrogen-bond acceptors (Lipinski definition) is 1. The van der Waals surface area contributed by atoms with Crippen molar-refractivity contribution >= 4 is 5.91 Å². The van der Waals surface area contributed by atoms with Gasteiger partial charge in [0.2, 0.25) is 5.91 Å². The molecule has 0 spiro atoms. The molecule has 0 atom stereocenters. The molecule has 0 aliphatic heterocycles. The topological polar surface area (TPSA) is 34.0 Å². The molecule has 20 heavy (non-hydrogen) atoms. The summed E-state index contributed by atoms with van der Waals surface area (Å²) in [6, 6.07) is 4.13. The van der Waals surface area contributed by atoms with Crippen LogP contribution in [-0.2, 0) is 11.3 Å². The highest BCUT2D eigenvalue weighted by molar-refractivity contribution is 5.76. The van der Waals surface area contributed by atoms with E-state index in [4.69, 9.17) is 0 Å². The molecule has 1 aliphatic rings. The van der Waals surface area contributed by atoms with Crippen LogP contribution in [0, 0.1) is 5.41 Å². The molecule has 0 saturated heterocycles. The second-order valence-corrected chi connectivity index (χ2v) is 6.30. The Morgan fingerprint density at radius 2 is 1.90 bits per heavy atom. The van der Waals surface area contributed by atoms with Gasteiger partial charge in [-0.1, -0.05) is 32.6 Å². The molecule has 1 saturated carbocycles. The minimum absolute atomic E-state index is 0.174. The molecule has 1 fully saturated rings. The first-order valence-electron chi connectivity index (χ1n) is 8.12. The third-order valence-corrected chi connectivity index (χ3v) is 4.49. The van der Waals surface area contributed by atoms with E-state index in [1.54, 1.807) is 0 Å². The molecule has 112 valence electrons. The molecule has 0 unspecified atom stereocenters. The Labute approximate surface area is 122 Å². The summed E-state index contributed by atoms with van der Waals surface area (Å²) in [7, 11) is 0. The van der Waals surface area contributed by atoms with Crippen molar-refractivity contribution < 1.29 is 4.79 Å². The second-order valence-electron chi connectivity index (χ2n) is 6.30. The Morgan fingerprint density at radius 3 is 2.55 bits per heavy atom. The van der Waals surface area contributed by atoms with E-state index in [-0.39, 0.29) is 11.3 Å². The smallest absolute Gasteiger partial charge is 0.220 e. The Hall–Kier alpha value is -1.25. The van der Waals surface area contributed by atoms with Crippen LogP contribution in [0.2, 0.25) is 0 Å². The highest BCUT2D eigenvalue weighted by Gasteiger charge is 2.34. The van der Waals surface area contributed by atoms with Gasteiger partial charge in [0.1, 0.15) is 0 Å². The van der Waals surface area contributed by atoms with Gasteiger partial charge in [0.15, 0.2) is 0 Å². The van der Waals surface area contributed by atoms with Crippen molar-refractivity contribution in [3.05, 3.63) is 24.5 Å². The van der Waals surface area contributed by atoms with Gasteiger partial charge in [0.25, 0.3) is 0 Å². The molecule has 3 nitrogen and oxygen atoms in total. The van der Waals surface area contributed by atoms with E-state index >= 15 is 0 Å². The zero-order chi connectivity index (χ0) is 14.3. The first-order chi connectivity index (χ1) is 9.74. The van der Waals surface area contributed by atoms with Gasteiger partial charge in [-0.2, -0.15) is 0 Å². The van der Waals surface area contributed by atoms with Gasteiger partial charge in [-0.3, -0.25) is 4.79 Å². The predicted molar refractivity (Wildman–Crippen MR) is 82.5 cm³/mol. The van der Waals surface area contributed by atoms with Crippen molar-refractivity contribution in [1.29, 1.82) is 0 Å². The van der Waals surface area contributed by atoms with Gasteiger partial charge in [-0.25, -0.2) is 0 Å². The van der Waals surface area contributed by atoms with E-state index in [1.807, 2.05) is 0 Å². The van der Waals surface area contributed by atoms with Gasteiger partial charge in [0, 0.05) is 31.9 Å². The van der Waals surface area contributed by atoms with Crippen LogP contribution >= 0.6 is 0 Å². The van der Waals surface area contributed by atoms with E-state index < -0.39 is 0 Å². The molecule has 1 aliphatic carbocycles. The molecular weight excluding hydrogens is 248 g/mol. The van der Waals surface area contributed by atoms with Crippen LogP contribution in [0.1, 0.15) is 58.3 Å². The van der Waals surface area contributed by atoms with Crippen LogP contribution in [0.5, 0.6) is 0 Å². The maximum Gasteiger partial charge on any atom is 0.220 e. The fourth-order valence-corrected chi connectivity index (χ4v) is 3.36. The lowest BCUT2D eigenvalue weighted by Crippen LogP contribution is -2.36. The van der Waals surface area contributed by atoms with Crippen LogP contribution in [0.4, 0.5) is 0 Å². The van der Waals surface area contributed by atoms with Gasteiger partial charge in [-0.05, 0) is 36.8 Å². The van der Waals surface area contributed by atoms with Crippen LogP contribution in [0.25, 0.3) is 0 Å². The lowest BCUT2D eigenvalue weighted by Gasteiger charge is -2.37. The Bertz CT molecular complexity index is 391. The molecule has 1 amide bonds. The number of carbonyl (C=O) groups excluding carboxylic acids is 1. The third-order valence-electron chi connectivity index (χ3n) is 4.49. The summed E-state index contributed by atoms with van der Waals surface area (Å²) < 4.78 is 2.24. The molecule has 0 radical (unpaired) electrons. The summed E-state index contributed by atoms with van der Waals surface area (Å²) in [6.45, 7) is 3.97. The molecule has 2 rings (SSSR count). The average Bonchev–Trinajstić information content (AvgIpc) is 2.92. The van der Waals surface area contributed by atoms with Crippen molar-refractivity contribution in [2.75, 3.05) is 6.54 Å². The highest BCUT2D eigenvalue weighted by Crippen LogP contribution is 2.40. The molecule has 0 aromatic carbocycles. The molecule has 1 heterocycles. The lowest BCUT2D eigenvalue weighted by atomic mass is 9.71. The predicted octanol–water partition coefficient (Wildman–Crippen LogP) is 3.75. The lowest BCUT2D eigenvalue weighted by molar-refractivity contribution is -0.124. The van der Waals surface area contributed by atoms with Gasteiger partial charge >= 0.3 is 0 Å². The maximum absolute atomic E-state index is 12.2. The van der Waals surface area contributed by atoms with Gasteiger partial charge in [0.05, 0.1) is 0 Å². The summed E-state index contributed by atoms with van der Waals surface area (Å²) in [5.41, 5.74) is 0.174. The highest BCUT2D eigenvalue weighted by atomic mass is 16.1. The number of nitrogens with one attached hydrogen (secondary N) is 1. The number of aromatic nitrogens is 1. The zero-order valence-electron chi connectivity index (χ0n) is 12.7. The third kappa shape index (κ3) is 4.39. The van der Waals surface area contributed by atoms with Crippen molar-refractivity contribution in [3.8, 4) is 0 Å². The van der Waals surface area contributed by atoms with Crippen molar-refractivity contribution in [2.24, 2.45) is 5.41 Å². The summed E-state index contributed by atoms with van der Waals surface area (Å²) >= 11 is 0. The number of carbonyl (C=O) groups is 1. The normalized spacial score (nSPS) is 17.9. The standard InChI is InChI=1S/C17H28N2O/c1-2-3-11-18-16(20)14-17(9-5-4-6-10-17)15-19-12-7-8-13-19/h7-8,12-13H,2-6,9-11,14-15H2,1H3,(H,18,20). The van der Waals surface area contributed by atoms with Crippen molar-refractivity contribution in [1.82, 2.24) is 9.88 Å². The summed E-state index contributed by atoms with van der Waals surface area (Å²) in [4.78, 5) is 12.2. The Morgan fingerprint density at radius 1 is 1.20 bits per heavy atom. The van der Waals surface area contributed by atoms with Crippen LogP contribution in [0.3, 0.4) is 0 Å². The van der Waals surface area contributed by atoms with E-state index in [0.717, 1.165) is 25.9 Å². The average molecular weight is 276 g/mol. The monoisotopic (exact) mass is 276 g/mol. The largest absolute Gasteiger partial charge is 0.356 e. The summed E-state index contributed by atoms with van der Waals surface area (Å²) in [5.74, 6) is 0.243. The second kappa shape index (κ2) is 7.51. The number of nitrogens with zero attached hydrogens (tertiary/aromatic N) is 1. The van der Waals surface area contributed by atoms with E-state index in [2.05, 4.69) is 41.3 Å². The summed E-state index contributed by atoms with van der Waals surface area (Å²) in [5, 5.41) is 3.09. The fourth-order valence-electron chi connectivity index (χ4n) is 3.36. The van der Waals surface area contributed by atoms with Crippen LogP contribution < -0.4 is 5.32 Å². The number of unbranched alkanes of at least 4 members (excludes halogenated alkanes) is 1.